The van der Waals surface area contributed by atoms with E-state index in [1.165, 1.54) is 0 Å². The van der Waals surface area contributed by atoms with Crippen LogP contribution >= 0.6 is 0 Å². The van der Waals surface area contributed by atoms with E-state index >= 15 is 0 Å². The summed E-state index contributed by atoms with van der Waals surface area (Å²) in [6.45, 7) is 8.84. The maximum atomic E-state index is 11.9. The Bertz CT molecular complexity index is 296. The number of esters is 2. The van der Waals surface area contributed by atoms with Gasteiger partial charge < -0.3 is 9.47 Å². The largest absolute Gasteiger partial charge is 0.465 e. The summed E-state index contributed by atoms with van der Waals surface area (Å²) < 4.78 is 9.59. The number of hydrogen-bond acceptors (Lipinski definition) is 5. The van der Waals surface area contributed by atoms with Gasteiger partial charge in [-0.25, -0.2) is 0 Å². The summed E-state index contributed by atoms with van der Waals surface area (Å²) in [4.78, 5) is 35.2. The molecule has 0 saturated carbocycles. The van der Waals surface area contributed by atoms with Crippen molar-refractivity contribution < 1.29 is 23.9 Å². The van der Waals surface area contributed by atoms with Gasteiger partial charge in [-0.3, -0.25) is 14.4 Å². The first-order chi connectivity index (χ1) is 8.23. The van der Waals surface area contributed by atoms with Crippen molar-refractivity contribution in [2.45, 2.75) is 41.0 Å². The molecule has 0 bridgehead atoms. The van der Waals surface area contributed by atoms with Gasteiger partial charge in [-0.15, -0.1) is 0 Å². The lowest BCUT2D eigenvalue weighted by atomic mass is 9.85. The fourth-order valence-electron chi connectivity index (χ4n) is 1.24. The van der Waals surface area contributed by atoms with E-state index in [-0.39, 0.29) is 25.4 Å². The van der Waals surface area contributed by atoms with E-state index in [9.17, 15) is 14.4 Å². The fourth-order valence-corrected chi connectivity index (χ4v) is 1.24. The number of hydrogen-bond donors (Lipinski definition) is 0. The average molecular weight is 258 g/mol. The average Bonchev–Trinajstić information content (AvgIpc) is 2.24. The van der Waals surface area contributed by atoms with Crippen molar-refractivity contribution in [3.63, 3.8) is 0 Å². The van der Waals surface area contributed by atoms with E-state index in [4.69, 9.17) is 9.47 Å². The van der Waals surface area contributed by atoms with Gasteiger partial charge in [0.15, 0.2) is 5.92 Å². The molecule has 0 aromatic rings. The van der Waals surface area contributed by atoms with Crippen LogP contribution in [0, 0.1) is 11.3 Å². The zero-order valence-corrected chi connectivity index (χ0v) is 11.7. The molecule has 0 aromatic carbocycles. The Labute approximate surface area is 108 Å². The van der Waals surface area contributed by atoms with Crippen molar-refractivity contribution in [2.75, 3.05) is 13.2 Å². The quantitative estimate of drug-likeness (QED) is 0.536. The minimum Gasteiger partial charge on any atom is -0.465 e. The van der Waals surface area contributed by atoms with Crippen molar-refractivity contribution in [1.29, 1.82) is 0 Å². The molecule has 0 amide bonds. The Kier molecular flexibility index (Phi) is 6.58. The molecule has 0 saturated heterocycles. The fraction of sp³-hybridized carbons (Fsp3) is 0.769. The van der Waals surface area contributed by atoms with Gasteiger partial charge in [0.05, 0.1) is 13.2 Å². The molecule has 0 atom stereocenters. The van der Waals surface area contributed by atoms with E-state index in [1.807, 2.05) is 0 Å². The van der Waals surface area contributed by atoms with Crippen molar-refractivity contribution in [3.05, 3.63) is 0 Å². The van der Waals surface area contributed by atoms with E-state index in [0.717, 1.165) is 0 Å². The Morgan fingerprint density at radius 3 is 1.61 bits per heavy atom. The number of carbonyl (C=O) groups excluding carboxylic acids is 3. The highest BCUT2D eigenvalue weighted by Gasteiger charge is 2.35. The summed E-state index contributed by atoms with van der Waals surface area (Å²) in [6.07, 6.45) is -0.179. The van der Waals surface area contributed by atoms with Crippen molar-refractivity contribution in [2.24, 2.45) is 11.3 Å². The topological polar surface area (TPSA) is 69.7 Å². The maximum absolute atomic E-state index is 11.9. The van der Waals surface area contributed by atoms with Gasteiger partial charge >= 0.3 is 11.9 Å². The first-order valence-corrected chi connectivity index (χ1v) is 6.10. The molecule has 0 fully saturated rings. The van der Waals surface area contributed by atoms with Gasteiger partial charge in [0.25, 0.3) is 0 Å². The number of ketones is 1. The second-order valence-electron chi connectivity index (χ2n) is 4.93. The summed E-state index contributed by atoms with van der Waals surface area (Å²) in [6, 6.07) is 0. The molecule has 104 valence electrons. The lowest BCUT2D eigenvalue weighted by molar-refractivity contribution is -0.163. The predicted octanol–water partition coefficient (Wildman–Crippen LogP) is 1.73. The van der Waals surface area contributed by atoms with Gasteiger partial charge in [0, 0.05) is 11.8 Å². The molecule has 5 heteroatoms. The van der Waals surface area contributed by atoms with Crippen LogP contribution in [-0.4, -0.2) is 30.9 Å². The van der Waals surface area contributed by atoms with E-state index in [1.54, 1.807) is 34.6 Å². The van der Waals surface area contributed by atoms with Crippen LogP contribution < -0.4 is 0 Å². The molecule has 0 aliphatic carbocycles. The molecule has 0 heterocycles. The molecule has 0 rings (SSSR count). The van der Waals surface area contributed by atoms with Gasteiger partial charge in [-0.1, -0.05) is 20.8 Å². The third-order valence-electron chi connectivity index (χ3n) is 2.37. The second-order valence-corrected chi connectivity index (χ2v) is 4.93. The molecule has 18 heavy (non-hydrogen) atoms. The van der Waals surface area contributed by atoms with Crippen molar-refractivity contribution in [1.82, 2.24) is 0 Å². The maximum Gasteiger partial charge on any atom is 0.320 e. The molecule has 0 radical (unpaired) electrons. The zero-order chi connectivity index (χ0) is 14.3. The SMILES string of the molecule is CCOC(=O)C(CC(=O)C(C)(C)C)C(=O)OCC. The third kappa shape index (κ3) is 5.29. The summed E-state index contributed by atoms with van der Waals surface area (Å²) in [7, 11) is 0. The molecule has 0 aliphatic heterocycles. The lowest BCUT2D eigenvalue weighted by Gasteiger charge is -2.20. The van der Waals surface area contributed by atoms with Gasteiger partial charge in [-0.2, -0.15) is 0 Å². The van der Waals surface area contributed by atoms with Crippen LogP contribution in [0.2, 0.25) is 0 Å². The molecule has 5 nitrogen and oxygen atoms in total. The Morgan fingerprint density at radius 1 is 0.944 bits per heavy atom. The van der Waals surface area contributed by atoms with E-state index in [0.29, 0.717) is 0 Å². The number of carbonyl (C=O) groups is 3. The summed E-state index contributed by atoms with van der Waals surface area (Å²) in [5.41, 5.74) is -0.600. The molecular formula is C13H22O5. The second kappa shape index (κ2) is 7.13. The first-order valence-electron chi connectivity index (χ1n) is 6.10. The number of ether oxygens (including phenoxy) is 2. The van der Waals surface area contributed by atoms with Crippen LogP contribution in [0.5, 0.6) is 0 Å². The Morgan fingerprint density at radius 2 is 1.33 bits per heavy atom. The monoisotopic (exact) mass is 258 g/mol. The van der Waals surface area contributed by atoms with Crippen molar-refractivity contribution >= 4 is 17.7 Å². The molecule has 0 unspecified atom stereocenters. The first kappa shape index (κ1) is 16.6. The lowest BCUT2D eigenvalue weighted by Crippen LogP contribution is -2.33. The molecular weight excluding hydrogens is 236 g/mol. The van der Waals surface area contributed by atoms with Gasteiger partial charge in [-0.05, 0) is 13.8 Å². The minimum absolute atomic E-state index is 0.165. The Balaban J connectivity index is 4.83. The summed E-state index contributed by atoms with van der Waals surface area (Å²) in [5, 5.41) is 0. The van der Waals surface area contributed by atoms with Gasteiger partial charge in [0.1, 0.15) is 5.78 Å². The molecule has 0 N–H and O–H groups in total. The molecule has 0 aromatic heterocycles. The van der Waals surface area contributed by atoms with Crippen LogP contribution in [0.25, 0.3) is 0 Å². The third-order valence-corrected chi connectivity index (χ3v) is 2.37. The number of rotatable bonds is 6. The van der Waals surface area contributed by atoms with Crippen LogP contribution in [0.1, 0.15) is 41.0 Å². The van der Waals surface area contributed by atoms with Crippen LogP contribution in [0.15, 0.2) is 0 Å². The number of Topliss-reactive ketones (excluding diaryl/α,β-unsaturated/α-hetero) is 1. The molecule has 0 spiro atoms. The minimum atomic E-state index is -1.16. The van der Waals surface area contributed by atoms with Crippen LogP contribution in [-0.2, 0) is 23.9 Å². The standard InChI is InChI=1S/C13H22O5/c1-6-17-11(15)9(12(16)18-7-2)8-10(14)13(3,4)5/h9H,6-8H2,1-5H3. The van der Waals surface area contributed by atoms with Crippen LogP contribution in [0.4, 0.5) is 0 Å². The highest BCUT2D eigenvalue weighted by atomic mass is 16.6. The molecule has 0 aliphatic rings. The highest BCUT2D eigenvalue weighted by Crippen LogP contribution is 2.21. The smallest absolute Gasteiger partial charge is 0.320 e. The summed E-state index contributed by atoms with van der Waals surface area (Å²) in [5.74, 6) is -2.73. The van der Waals surface area contributed by atoms with E-state index in [2.05, 4.69) is 0 Å². The predicted molar refractivity (Wildman–Crippen MR) is 65.8 cm³/mol. The van der Waals surface area contributed by atoms with E-state index < -0.39 is 23.3 Å². The van der Waals surface area contributed by atoms with Crippen LogP contribution in [0.3, 0.4) is 0 Å². The normalized spacial score (nSPS) is 11.2. The van der Waals surface area contributed by atoms with Crippen molar-refractivity contribution in [3.8, 4) is 0 Å². The zero-order valence-electron chi connectivity index (χ0n) is 11.7. The summed E-state index contributed by atoms with van der Waals surface area (Å²) >= 11 is 0. The Hall–Kier alpha value is -1.39. The van der Waals surface area contributed by atoms with Gasteiger partial charge in [0.2, 0.25) is 0 Å². The highest BCUT2D eigenvalue weighted by molar-refractivity contribution is 6.00.